The molecular weight excluding hydrogens is 271 g/mol. The van der Waals surface area contributed by atoms with Crippen LogP contribution in [0.15, 0.2) is 53.1 Å². The molecule has 2 aromatic carbocycles. The minimum Gasteiger partial charge on any atom is -0.484 e. The third-order valence-electron chi connectivity index (χ3n) is 2.95. The summed E-state index contributed by atoms with van der Waals surface area (Å²) in [5.74, 6) is 1.14. The lowest BCUT2D eigenvalue weighted by atomic mass is 10.1. The predicted molar refractivity (Wildman–Crippen MR) is 75.2 cm³/mol. The Balaban J connectivity index is 1.67. The Bertz CT molecular complexity index is 721. The zero-order chi connectivity index (χ0) is 14.7. The molecular formula is C16H13FN2O2. The lowest BCUT2D eigenvalue weighted by Gasteiger charge is -2.01. The second-order valence-corrected chi connectivity index (χ2v) is 4.62. The summed E-state index contributed by atoms with van der Waals surface area (Å²) in [4.78, 5) is 4.27. The van der Waals surface area contributed by atoms with Gasteiger partial charge in [0.1, 0.15) is 11.6 Å². The molecule has 5 heteroatoms. The molecule has 0 amide bonds. The lowest BCUT2D eigenvalue weighted by molar-refractivity contribution is 0.242. The third kappa shape index (κ3) is 3.25. The number of halogens is 1. The summed E-state index contributed by atoms with van der Waals surface area (Å²) < 4.78 is 23.4. The fraction of sp³-hybridized carbons (Fsp3) is 0.125. The van der Waals surface area contributed by atoms with Gasteiger partial charge in [0.25, 0.3) is 5.89 Å². The first-order chi connectivity index (χ1) is 10.2. The van der Waals surface area contributed by atoms with E-state index in [4.69, 9.17) is 9.26 Å². The highest BCUT2D eigenvalue weighted by Gasteiger charge is 2.09. The number of nitrogens with zero attached hydrogens (tertiary/aromatic N) is 2. The smallest absolute Gasteiger partial charge is 0.264 e. The van der Waals surface area contributed by atoms with E-state index in [-0.39, 0.29) is 12.4 Å². The molecule has 4 nitrogen and oxygen atoms in total. The maximum atomic E-state index is 12.8. The first kappa shape index (κ1) is 13.3. The molecule has 0 saturated heterocycles. The van der Waals surface area contributed by atoms with Crippen molar-refractivity contribution in [2.75, 3.05) is 0 Å². The number of benzene rings is 2. The van der Waals surface area contributed by atoms with E-state index in [9.17, 15) is 4.39 Å². The fourth-order valence-electron chi connectivity index (χ4n) is 1.81. The van der Waals surface area contributed by atoms with Gasteiger partial charge in [0.2, 0.25) is 5.82 Å². The Morgan fingerprint density at radius 1 is 1.05 bits per heavy atom. The lowest BCUT2D eigenvalue weighted by Crippen LogP contribution is -1.95. The van der Waals surface area contributed by atoms with Crippen molar-refractivity contribution in [1.82, 2.24) is 10.1 Å². The highest BCUT2D eigenvalue weighted by Crippen LogP contribution is 2.17. The topological polar surface area (TPSA) is 48.2 Å². The molecule has 0 bridgehead atoms. The van der Waals surface area contributed by atoms with E-state index in [1.54, 1.807) is 12.1 Å². The van der Waals surface area contributed by atoms with Crippen LogP contribution in [-0.2, 0) is 6.61 Å². The fourth-order valence-corrected chi connectivity index (χ4v) is 1.81. The van der Waals surface area contributed by atoms with Crippen molar-refractivity contribution >= 4 is 0 Å². The molecule has 0 spiro atoms. The highest BCUT2D eigenvalue weighted by atomic mass is 19.1. The Morgan fingerprint density at radius 2 is 1.76 bits per heavy atom. The van der Waals surface area contributed by atoms with Gasteiger partial charge in [-0.15, -0.1) is 0 Å². The second-order valence-electron chi connectivity index (χ2n) is 4.62. The van der Waals surface area contributed by atoms with Crippen LogP contribution in [0, 0.1) is 12.7 Å². The first-order valence-corrected chi connectivity index (χ1v) is 6.49. The van der Waals surface area contributed by atoms with Crippen molar-refractivity contribution in [2.24, 2.45) is 0 Å². The Labute approximate surface area is 121 Å². The van der Waals surface area contributed by atoms with E-state index in [0.717, 1.165) is 5.56 Å². The maximum Gasteiger partial charge on any atom is 0.264 e. The zero-order valence-electron chi connectivity index (χ0n) is 11.4. The quantitative estimate of drug-likeness (QED) is 0.732. The van der Waals surface area contributed by atoms with Gasteiger partial charge < -0.3 is 9.26 Å². The molecule has 0 N–H and O–H groups in total. The SMILES string of the molecule is Cc1ccc(-c2noc(COc3ccc(F)cc3)n2)cc1. The normalized spacial score (nSPS) is 10.6. The van der Waals surface area contributed by atoms with E-state index in [1.807, 2.05) is 31.2 Å². The molecule has 0 saturated carbocycles. The number of rotatable bonds is 4. The molecule has 3 aromatic rings. The van der Waals surface area contributed by atoms with Crippen molar-refractivity contribution < 1.29 is 13.7 Å². The summed E-state index contributed by atoms with van der Waals surface area (Å²) in [6.07, 6.45) is 0. The minimum absolute atomic E-state index is 0.143. The summed E-state index contributed by atoms with van der Waals surface area (Å²) in [5, 5.41) is 3.92. The van der Waals surface area contributed by atoms with Crippen molar-refractivity contribution in [2.45, 2.75) is 13.5 Å². The molecule has 106 valence electrons. The molecule has 1 aromatic heterocycles. The van der Waals surface area contributed by atoms with Crippen molar-refractivity contribution in [3.63, 3.8) is 0 Å². The summed E-state index contributed by atoms with van der Waals surface area (Å²) in [7, 11) is 0. The number of aryl methyl sites for hydroxylation is 1. The number of hydrogen-bond donors (Lipinski definition) is 0. The van der Waals surface area contributed by atoms with Crippen LogP contribution >= 0.6 is 0 Å². The molecule has 3 rings (SSSR count). The van der Waals surface area contributed by atoms with E-state index in [1.165, 1.54) is 17.7 Å². The zero-order valence-corrected chi connectivity index (χ0v) is 11.4. The van der Waals surface area contributed by atoms with Gasteiger partial charge in [-0.1, -0.05) is 35.0 Å². The number of ether oxygens (including phenoxy) is 1. The molecule has 21 heavy (non-hydrogen) atoms. The molecule has 0 unspecified atom stereocenters. The largest absolute Gasteiger partial charge is 0.484 e. The average molecular weight is 284 g/mol. The highest BCUT2D eigenvalue weighted by molar-refractivity contribution is 5.54. The molecule has 0 fully saturated rings. The van der Waals surface area contributed by atoms with Crippen molar-refractivity contribution in [3.8, 4) is 17.1 Å². The molecule has 0 aliphatic carbocycles. The third-order valence-corrected chi connectivity index (χ3v) is 2.95. The van der Waals surface area contributed by atoms with Gasteiger partial charge in [-0.2, -0.15) is 4.98 Å². The molecule has 1 heterocycles. The molecule has 0 aliphatic heterocycles. The van der Waals surface area contributed by atoms with Crippen LogP contribution in [0.4, 0.5) is 4.39 Å². The maximum absolute atomic E-state index is 12.8. The molecule has 0 radical (unpaired) electrons. The summed E-state index contributed by atoms with van der Waals surface area (Å²) >= 11 is 0. The van der Waals surface area contributed by atoms with Gasteiger partial charge in [0, 0.05) is 5.56 Å². The van der Waals surface area contributed by atoms with Gasteiger partial charge >= 0.3 is 0 Å². The monoisotopic (exact) mass is 284 g/mol. The van der Waals surface area contributed by atoms with E-state index >= 15 is 0 Å². The van der Waals surface area contributed by atoms with E-state index in [0.29, 0.717) is 17.5 Å². The Kier molecular flexibility index (Phi) is 3.64. The van der Waals surface area contributed by atoms with Crippen LogP contribution in [0.25, 0.3) is 11.4 Å². The number of aromatic nitrogens is 2. The predicted octanol–water partition coefficient (Wildman–Crippen LogP) is 3.76. The molecule has 0 aliphatic rings. The summed E-state index contributed by atoms with van der Waals surface area (Å²) in [6, 6.07) is 13.6. The van der Waals surface area contributed by atoms with Gasteiger partial charge in [-0.25, -0.2) is 4.39 Å². The van der Waals surface area contributed by atoms with Crippen molar-refractivity contribution in [1.29, 1.82) is 0 Å². The molecule has 0 atom stereocenters. The van der Waals surface area contributed by atoms with Crippen LogP contribution in [0.2, 0.25) is 0 Å². The van der Waals surface area contributed by atoms with Crippen LogP contribution in [0.3, 0.4) is 0 Å². The summed E-state index contributed by atoms with van der Waals surface area (Å²) in [5.41, 5.74) is 2.06. The average Bonchev–Trinajstić information content (AvgIpc) is 2.96. The minimum atomic E-state index is -0.304. The van der Waals surface area contributed by atoms with E-state index < -0.39 is 0 Å². The van der Waals surface area contributed by atoms with Crippen LogP contribution < -0.4 is 4.74 Å². The van der Waals surface area contributed by atoms with Crippen molar-refractivity contribution in [3.05, 3.63) is 65.8 Å². The first-order valence-electron chi connectivity index (χ1n) is 6.49. The van der Waals surface area contributed by atoms with E-state index in [2.05, 4.69) is 10.1 Å². The van der Waals surface area contributed by atoms with Crippen LogP contribution in [0.5, 0.6) is 5.75 Å². The van der Waals surface area contributed by atoms with Crippen LogP contribution in [0.1, 0.15) is 11.5 Å². The van der Waals surface area contributed by atoms with Crippen LogP contribution in [-0.4, -0.2) is 10.1 Å². The Morgan fingerprint density at radius 3 is 2.48 bits per heavy atom. The van der Waals surface area contributed by atoms with Gasteiger partial charge in [-0.3, -0.25) is 0 Å². The number of hydrogen-bond acceptors (Lipinski definition) is 4. The summed E-state index contributed by atoms with van der Waals surface area (Å²) in [6.45, 7) is 2.16. The second kappa shape index (κ2) is 5.75. The Hall–Kier alpha value is -2.69. The van der Waals surface area contributed by atoms with Gasteiger partial charge in [0.05, 0.1) is 0 Å². The van der Waals surface area contributed by atoms with Gasteiger partial charge in [-0.05, 0) is 31.2 Å². The standard InChI is InChI=1S/C16H13FN2O2/c1-11-2-4-12(5-3-11)16-18-15(21-19-16)10-20-14-8-6-13(17)7-9-14/h2-9H,10H2,1H3. The van der Waals surface area contributed by atoms with Gasteiger partial charge in [0.15, 0.2) is 6.61 Å².